The Morgan fingerprint density at radius 3 is 2.79 bits per heavy atom. The first-order valence-electron chi connectivity index (χ1n) is 7.81. The quantitative estimate of drug-likeness (QED) is 0.915. The minimum Gasteiger partial charge on any atom is -0.494 e. The van der Waals surface area contributed by atoms with Crippen LogP contribution in [0.25, 0.3) is 0 Å². The first-order chi connectivity index (χ1) is 11.7. The van der Waals surface area contributed by atoms with Crippen LogP contribution in [0.15, 0.2) is 30.3 Å². The highest BCUT2D eigenvalue weighted by molar-refractivity contribution is 6.30. The molecular formula is C18H16ClNO4. The van der Waals surface area contributed by atoms with Gasteiger partial charge in [0.2, 0.25) is 12.7 Å². The molecule has 124 valence electrons. The van der Waals surface area contributed by atoms with Gasteiger partial charge >= 0.3 is 0 Å². The van der Waals surface area contributed by atoms with E-state index in [2.05, 4.69) is 5.32 Å². The Bertz CT molecular complexity index is 821. The highest BCUT2D eigenvalue weighted by atomic mass is 35.5. The Balaban J connectivity index is 1.84. The molecule has 4 rings (SSSR count). The Morgan fingerprint density at radius 2 is 2.00 bits per heavy atom. The third kappa shape index (κ3) is 2.55. The summed E-state index contributed by atoms with van der Waals surface area (Å²) >= 11 is 6.10. The van der Waals surface area contributed by atoms with Crippen molar-refractivity contribution < 1.29 is 19.0 Å². The lowest BCUT2D eigenvalue weighted by molar-refractivity contribution is -0.116. The number of amides is 1. The number of carbonyl (C=O) groups excluding carboxylic acids is 1. The van der Waals surface area contributed by atoms with E-state index in [9.17, 15) is 4.79 Å². The number of hydrogen-bond donors (Lipinski definition) is 1. The zero-order chi connectivity index (χ0) is 16.7. The number of fused-ring (bicyclic) bond motifs is 2. The van der Waals surface area contributed by atoms with Crippen molar-refractivity contribution in [3.63, 3.8) is 0 Å². The van der Waals surface area contributed by atoms with Crippen LogP contribution in [0.2, 0.25) is 5.02 Å². The summed E-state index contributed by atoms with van der Waals surface area (Å²) in [6, 6.07) is 9.28. The van der Waals surface area contributed by atoms with Gasteiger partial charge in [0.1, 0.15) is 5.75 Å². The van der Waals surface area contributed by atoms with Gasteiger partial charge in [-0.15, -0.1) is 0 Å². The number of anilines is 1. The number of ether oxygens (including phenoxy) is 3. The summed E-state index contributed by atoms with van der Waals surface area (Å²) in [4.78, 5) is 12.2. The molecular weight excluding hydrogens is 330 g/mol. The molecule has 1 unspecified atom stereocenters. The van der Waals surface area contributed by atoms with Gasteiger partial charge in [-0.2, -0.15) is 0 Å². The van der Waals surface area contributed by atoms with E-state index in [1.54, 1.807) is 6.07 Å². The maximum atomic E-state index is 12.2. The van der Waals surface area contributed by atoms with Crippen LogP contribution in [-0.4, -0.2) is 19.3 Å². The predicted octanol–water partition coefficient (Wildman–Crippen LogP) is 3.94. The fourth-order valence-corrected chi connectivity index (χ4v) is 3.37. The van der Waals surface area contributed by atoms with E-state index in [1.165, 1.54) is 0 Å². The second-order valence-corrected chi connectivity index (χ2v) is 6.15. The summed E-state index contributed by atoms with van der Waals surface area (Å²) < 4.78 is 16.6. The molecule has 2 aromatic carbocycles. The van der Waals surface area contributed by atoms with E-state index < -0.39 is 0 Å². The normalized spacial score (nSPS) is 18.1. The second kappa shape index (κ2) is 5.91. The molecule has 2 aliphatic rings. The van der Waals surface area contributed by atoms with Crippen LogP contribution in [-0.2, 0) is 4.79 Å². The van der Waals surface area contributed by atoms with Crippen molar-refractivity contribution in [2.24, 2.45) is 0 Å². The molecule has 2 aliphatic heterocycles. The number of halogens is 1. The van der Waals surface area contributed by atoms with Crippen molar-refractivity contribution >= 4 is 23.2 Å². The fraction of sp³-hybridized carbons (Fsp3) is 0.278. The Morgan fingerprint density at radius 1 is 1.21 bits per heavy atom. The Hall–Kier alpha value is -2.40. The van der Waals surface area contributed by atoms with Crippen LogP contribution in [0.5, 0.6) is 17.2 Å². The van der Waals surface area contributed by atoms with Crippen LogP contribution in [0.1, 0.15) is 30.4 Å². The standard InChI is InChI=1S/C18H16ClNO4/c1-2-22-15-5-10(19)3-4-11(15)12-7-18(21)20-14-8-17-16(6-13(12)14)23-9-24-17/h3-6,8,12H,2,7,9H2,1H3,(H,20,21). The van der Waals surface area contributed by atoms with E-state index in [-0.39, 0.29) is 18.6 Å². The molecule has 24 heavy (non-hydrogen) atoms. The van der Waals surface area contributed by atoms with Gasteiger partial charge in [0, 0.05) is 34.7 Å². The molecule has 0 fully saturated rings. The average Bonchev–Trinajstić information content (AvgIpc) is 3.00. The number of nitrogens with one attached hydrogen (secondary N) is 1. The fourth-order valence-electron chi connectivity index (χ4n) is 3.20. The molecule has 0 saturated carbocycles. The minimum absolute atomic E-state index is 0.0382. The molecule has 1 atom stereocenters. The Labute approximate surface area is 144 Å². The first kappa shape index (κ1) is 15.1. The van der Waals surface area contributed by atoms with Crippen LogP contribution < -0.4 is 19.5 Å². The van der Waals surface area contributed by atoms with E-state index in [1.807, 2.05) is 31.2 Å². The molecule has 0 aliphatic carbocycles. The highest BCUT2D eigenvalue weighted by Crippen LogP contribution is 2.46. The maximum absolute atomic E-state index is 12.2. The van der Waals surface area contributed by atoms with Crippen molar-refractivity contribution in [3.8, 4) is 17.2 Å². The van der Waals surface area contributed by atoms with Gasteiger partial charge in [0.05, 0.1) is 6.61 Å². The summed E-state index contributed by atoms with van der Waals surface area (Å²) in [5, 5.41) is 3.52. The van der Waals surface area contributed by atoms with E-state index in [4.69, 9.17) is 25.8 Å². The van der Waals surface area contributed by atoms with Crippen LogP contribution in [0.4, 0.5) is 5.69 Å². The largest absolute Gasteiger partial charge is 0.494 e. The maximum Gasteiger partial charge on any atom is 0.231 e. The summed E-state index contributed by atoms with van der Waals surface area (Å²) in [5.41, 5.74) is 2.68. The monoisotopic (exact) mass is 345 g/mol. The molecule has 0 saturated heterocycles. The molecule has 6 heteroatoms. The zero-order valence-corrected chi connectivity index (χ0v) is 13.9. The minimum atomic E-state index is -0.123. The molecule has 0 spiro atoms. The van der Waals surface area contributed by atoms with Gasteiger partial charge in [0.25, 0.3) is 0 Å². The SMILES string of the molecule is CCOc1cc(Cl)ccc1C1CC(=O)Nc2cc3c(cc21)OCO3. The lowest BCUT2D eigenvalue weighted by atomic mass is 9.84. The van der Waals surface area contributed by atoms with E-state index in [0.717, 1.165) is 16.8 Å². The van der Waals surface area contributed by atoms with E-state index in [0.29, 0.717) is 35.3 Å². The topological polar surface area (TPSA) is 56.8 Å². The van der Waals surface area contributed by atoms with Gasteiger partial charge in [-0.25, -0.2) is 0 Å². The number of rotatable bonds is 3. The van der Waals surface area contributed by atoms with Crippen molar-refractivity contribution in [3.05, 3.63) is 46.5 Å². The zero-order valence-electron chi connectivity index (χ0n) is 13.1. The average molecular weight is 346 g/mol. The first-order valence-corrected chi connectivity index (χ1v) is 8.19. The van der Waals surface area contributed by atoms with Crippen molar-refractivity contribution in [1.29, 1.82) is 0 Å². The smallest absolute Gasteiger partial charge is 0.231 e. The number of benzene rings is 2. The molecule has 0 radical (unpaired) electrons. The third-order valence-electron chi connectivity index (χ3n) is 4.23. The third-order valence-corrected chi connectivity index (χ3v) is 4.47. The molecule has 5 nitrogen and oxygen atoms in total. The predicted molar refractivity (Wildman–Crippen MR) is 90.3 cm³/mol. The van der Waals surface area contributed by atoms with Crippen LogP contribution in [0.3, 0.4) is 0 Å². The van der Waals surface area contributed by atoms with Crippen LogP contribution in [0, 0.1) is 0 Å². The second-order valence-electron chi connectivity index (χ2n) is 5.71. The van der Waals surface area contributed by atoms with Gasteiger partial charge in [-0.3, -0.25) is 4.79 Å². The van der Waals surface area contributed by atoms with Crippen molar-refractivity contribution in [2.75, 3.05) is 18.7 Å². The number of carbonyl (C=O) groups is 1. The van der Waals surface area contributed by atoms with Crippen LogP contribution >= 0.6 is 11.6 Å². The highest BCUT2D eigenvalue weighted by Gasteiger charge is 2.31. The molecule has 2 heterocycles. The van der Waals surface area contributed by atoms with Crippen molar-refractivity contribution in [1.82, 2.24) is 0 Å². The lowest BCUT2D eigenvalue weighted by Gasteiger charge is -2.27. The summed E-state index contributed by atoms with van der Waals surface area (Å²) in [5.74, 6) is 1.89. The Kier molecular flexibility index (Phi) is 3.73. The molecule has 0 aromatic heterocycles. The molecule has 1 N–H and O–H groups in total. The van der Waals surface area contributed by atoms with Crippen molar-refractivity contribution in [2.45, 2.75) is 19.3 Å². The van der Waals surface area contributed by atoms with Gasteiger partial charge < -0.3 is 19.5 Å². The molecule has 1 amide bonds. The van der Waals surface area contributed by atoms with E-state index >= 15 is 0 Å². The summed E-state index contributed by atoms with van der Waals surface area (Å²) in [6.07, 6.45) is 0.342. The van der Waals surface area contributed by atoms with Gasteiger partial charge in [0.15, 0.2) is 11.5 Å². The summed E-state index contributed by atoms with van der Waals surface area (Å²) in [6.45, 7) is 2.65. The molecule has 0 bridgehead atoms. The summed E-state index contributed by atoms with van der Waals surface area (Å²) in [7, 11) is 0. The lowest BCUT2D eigenvalue weighted by Crippen LogP contribution is -2.23. The van der Waals surface area contributed by atoms with Gasteiger partial charge in [-0.1, -0.05) is 17.7 Å². The number of hydrogen-bond acceptors (Lipinski definition) is 4. The van der Waals surface area contributed by atoms with Gasteiger partial charge in [-0.05, 0) is 30.7 Å². The molecule has 2 aromatic rings.